The molecule has 0 spiro atoms. The van der Waals surface area contributed by atoms with E-state index >= 15 is 0 Å². The van der Waals surface area contributed by atoms with Crippen molar-refractivity contribution in [3.8, 4) is 0 Å². The van der Waals surface area contributed by atoms with Gasteiger partial charge in [-0.1, -0.05) is 6.07 Å². The van der Waals surface area contributed by atoms with Crippen LogP contribution in [0.25, 0.3) is 10.9 Å². The molecule has 2 aromatic rings. The van der Waals surface area contributed by atoms with Gasteiger partial charge in [0.15, 0.2) is 0 Å². The molecule has 0 saturated heterocycles. The van der Waals surface area contributed by atoms with Crippen LogP contribution in [0.2, 0.25) is 0 Å². The minimum Gasteiger partial charge on any atom is -0.463 e. The summed E-state index contributed by atoms with van der Waals surface area (Å²) in [5, 5.41) is 23.1. The average Bonchev–Trinajstić information content (AvgIpc) is 2.59. The smallest absolute Gasteiger partial charge is 0.432 e. The zero-order valence-electron chi connectivity index (χ0n) is 7.32. The lowest BCUT2D eigenvalue weighted by atomic mass is 10.2. The fourth-order valence-electron chi connectivity index (χ4n) is 1.35. The molecular formula is C8H5N3O4. The highest BCUT2D eigenvalue weighted by molar-refractivity contribution is 5.92. The number of hydrogen-bond donors (Lipinski definition) is 1. The molecule has 0 atom stereocenters. The second-order valence-electron chi connectivity index (χ2n) is 2.81. The van der Waals surface area contributed by atoms with Crippen molar-refractivity contribution in [2.75, 3.05) is 0 Å². The van der Waals surface area contributed by atoms with Crippen LogP contribution in [0.1, 0.15) is 0 Å². The number of non-ortho nitro benzene ring substituents is 1. The molecule has 1 N–H and O–H groups in total. The molecule has 0 bridgehead atoms. The maximum Gasteiger partial charge on any atom is 0.432 e. The Balaban J connectivity index is 2.80. The molecule has 0 saturated carbocycles. The number of fused-ring (bicyclic) bond motifs is 1. The number of carbonyl (C=O) groups is 1. The van der Waals surface area contributed by atoms with Crippen molar-refractivity contribution >= 4 is 22.7 Å². The first kappa shape index (κ1) is 9.13. The first-order valence-corrected chi connectivity index (χ1v) is 3.95. The Labute approximate surface area is 82.7 Å². The van der Waals surface area contributed by atoms with Crippen molar-refractivity contribution in [3.63, 3.8) is 0 Å². The quantitative estimate of drug-likeness (QED) is 0.563. The van der Waals surface area contributed by atoms with Gasteiger partial charge in [0.2, 0.25) is 0 Å². The van der Waals surface area contributed by atoms with E-state index in [1.165, 1.54) is 24.4 Å². The Morgan fingerprint density at radius 3 is 2.87 bits per heavy atom. The van der Waals surface area contributed by atoms with Crippen LogP contribution < -0.4 is 0 Å². The van der Waals surface area contributed by atoms with Crippen LogP contribution in [-0.4, -0.2) is 25.9 Å². The third-order valence-corrected chi connectivity index (χ3v) is 1.97. The van der Waals surface area contributed by atoms with Crippen LogP contribution in [0.3, 0.4) is 0 Å². The van der Waals surface area contributed by atoms with Gasteiger partial charge in [0, 0.05) is 6.07 Å². The molecule has 0 aliphatic carbocycles. The van der Waals surface area contributed by atoms with Crippen molar-refractivity contribution in [1.82, 2.24) is 9.78 Å². The van der Waals surface area contributed by atoms with Crippen molar-refractivity contribution in [2.24, 2.45) is 0 Å². The summed E-state index contributed by atoms with van der Waals surface area (Å²) in [5.74, 6) is 0. The van der Waals surface area contributed by atoms with E-state index in [0.717, 1.165) is 0 Å². The molecule has 1 aromatic heterocycles. The van der Waals surface area contributed by atoms with Gasteiger partial charge in [-0.05, 0) is 6.07 Å². The van der Waals surface area contributed by atoms with E-state index < -0.39 is 11.0 Å². The maximum absolute atomic E-state index is 10.7. The molecule has 0 aliphatic heterocycles. The van der Waals surface area contributed by atoms with Crippen LogP contribution in [0.5, 0.6) is 0 Å². The van der Waals surface area contributed by atoms with Crippen molar-refractivity contribution in [2.45, 2.75) is 0 Å². The van der Waals surface area contributed by atoms with E-state index in [1.54, 1.807) is 0 Å². The Bertz CT molecular complexity index is 560. The van der Waals surface area contributed by atoms with Gasteiger partial charge in [-0.25, -0.2) is 4.79 Å². The van der Waals surface area contributed by atoms with E-state index in [2.05, 4.69) is 5.10 Å². The number of nitro benzene ring substituents is 1. The summed E-state index contributed by atoms with van der Waals surface area (Å²) in [6, 6.07) is 4.18. The first-order chi connectivity index (χ1) is 7.11. The van der Waals surface area contributed by atoms with Crippen LogP contribution in [0, 0.1) is 10.1 Å². The van der Waals surface area contributed by atoms with Gasteiger partial charge in [0.1, 0.15) is 0 Å². The lowest BCUT2D eigenvalue weighted by Gasteiger charge is -1.95. The summed E-state index contributed by atoms with van der Waals surface area (Å²) in [4.78, 5) is 20.7. The van der Waals surface area contributed by atoms with Crippen LogP contribution in [-0.2, 0) is 0 Å². The van der Waals surface area contributed by atoms with Crippen molar-refractivity contribution < 1.29 is 14.8 Å². The molecule has 0 radical (unpaired) electrons. The number of aromatic nitrogens is 2. The molecule has 1 aromatic carbocycles. The number of hydrogen-bond acceptors (Lipinski definition) is 4. The molecule has 15 heavy (non-hydrogen) atoms. The van der Waals surface area contributed by atoms with E-state index in [1.807, 2.05) is 0 Å². The number of nitro groups is 1. The van der Waals surface area contributed by atoms with Crippen molar-refractivity contribution in [3.05, 3.63) is 34.5 Å². The van der Waals surface area contributed by atoms with E-state index in [-0.39, 0.29) is 16.6 Å². The van der Waals surface area contributed by atoms with Gasteiger partial charge >= 0.3 is 6.09 Å². The second-order valence-corrected chi connectivity index (χ2v) is 2.81. The maximum atomic E-state index is 10.7. The summed E-state index contributed by atoms with van der Waals surface area (Å²) < 4.78 is 0.697. The van der Waals surface area contributed by atoms with Gasteiger partial charge in [0.25, 0.3) is 5.69 Å². The van der Waals surface area contributed by atoms with Crippen molar-refractivity contribution in [1.29, 1.82) is 0 Å². The predicted octanol–water partition coefficient (Wildman–Crippen LogP) is 1.47. The third kappa shape index (κ3) is 1.30. The van der Waals surface area contributed by atoms with E-state index in [9.17, 15) is 14.9 Å². The minimum absolute atomic E-state index is 0.153. The summed E-state index contributed by atoms with van der Waals surface area (Å²) in [7, 11) is 0. The summed E-state index contributed by atoms with van der Waals surface area (Å²) in [6.45, 7) is 0. The average molecular weight is 207 g/mol. The zero-order valence-corrected chi connectivity index (χ0v) is 7.32. The highest BCUT2D eigenvalue weighted by Gasteiger charge is 2.16. The highest BCUT2D eigenvalue weighted by Crippen LogP contribution is 2.24. The Morgan fingerprint density at radius 2 is 2.27 bits per heavy atom. The molecule has 0 unspecified atom stereocenters. The SMILES string of the molecule is O=C(O)n1ncc2c([N+](=O)[O-])cccc21. The number of benzene rings is 1. The third-order valence-electron chi connectivity index (χ3n) is 1.97. The summed E-state index contributed by atoms with van der Waals surface area (Å²) in [5.41, 5.74) is 0.0525. The summed E-state index contributed by atoms with van der Waals surface area (Å²) in [6.07, 6.45) is -0.104. The fourth-order valence-corrected chi connectivity index (χ4v) is 1.35. The molecule has 0 fully saturated rings. The molecule has 1 heterocycles. The highest BCUT2D eigenvalue weighted by atomic mass is 16.6. The van der Waals surface area contributed by atoms with E-state index in [0.29, 0.717) is 4.68 Å². The van der Waals surface area contributed by atoms with E-state index in [4.69, 9.17) is 5.11 Å². The van der Waals surface area contributed by atoms with Gasteiger partial charge in [-0.2, -0.15) is 9.78 Å². The Hall–Kier alpha value is -2.44. The topological polar surface area (TPSA) is 98.3 Å². The normalized spacial score (nSPS) is 10.4. The fraction of sp³-hybridized carbons (Fsp3) is 0. The molecule has 7 nitrogen and oxygen atoms in total. The Morgan fingerprint density at radius 1 is 1.53 bits per heavy atom. The molecular weight excluding hydrogens is 202 g/mol. The molecule has 76 valence electrons. The van der Waals surface area contributed by atoms with Gasteiger partial charge < -0.3 is 5.11 Å². The lowest BCUT2D eigenvalue weighted by Crippen LogP contribution is -2.08. The van der Waals surface area contributed by atoms with Gasteiger partial charge in [0.05, 0.1) is 22.0 Å². The largest absolute Gasteiger partial charge is 0.463 e. The lowest BCUT2D eigenvalue weighted by molar-refractivity contribution is -0.383. The monoisotopic (exact) mass is 207 g/mol. The molecule has 7 heteroatoms. The predicted molar refractivity (Wildman–Crippen MR) is 49.8 cm³/mol. The second kappa shape index (κ2) is 3.05. The first-order valence-electron chi connectivity index (χ1n) is 3.95. The number of carboxylic acid groups (broad SMARTS) is 1. The van der Waals surface area contributed by atoms with Crippen LogP contribution >= 0.6 is 0 Å². The molecule has 2 rings (SSSR count). The minimum atomic E-state index is -1.27. The number of rotatable bonds is 1. The van der Waals surface area contributed by atoms with Crippen LogP contribution in [0.15, 0.2) is 24.4 Å². The number of nitrogens with zero attached hydrogens (tertiary/aromatic N) is 3. The van der Waals surface area contributed by atoms with Gasteiger partial charge in [-0.15, -0.1) is 0 Å². The molecule has 0 amide bonds. The zero-order chi connectivity index (χ0) is 11.0. The molecule has 0 aliphatic rings. The standard InChI is InChI=1S/C8H5N3O4/c12-8(13)10-6-2-1-3-7(11(14)15)5(6)4-9-10/h1-4H,(H,12,13). The van der Waals surface area contributed by atoms with Crippen LogP contribution in [0.4, 0.5) is 10.5 Å². The Kier molecular flexibility index (Phi) is 1.86. The van der Waals surface area contributed by atoms with Gasteiger partial charge in [-0.3, -0.25) is 10.1 Å². The summed E-state index contributed by atoms with van der Waals surface area (Å²) >= 11 is 0.